The first kappa shape index (κ1) is 16.6. The molecule has 0 radical (unpaired) electrons. The third kappa shape index (κ3) is 3.14. The molecule has 0 saturated carbocycles. The summed E-state index contributed by atoms with van der Waals surface area (Å²) in [6, 6.07) is 7.70. The van der Waals surface area contributed by atoms with E-state index >= 15 is 0 Å². The molecule has 2 aliphatic rings. The van der Waals surface area contributed by atoms with E-state index in [0.29, 0.717) is 26.1 Å². The van der Waals surface area contributed by atoms with Gasteiger partial charge in [-0.1, -0.05) is 6.07 Å². The van der Waals surface area contributed by atoms with Gasteiger partial charge in [-0.25, -0.2) is 9.67 Å². The van der Waals surface area contributed by atoms with Crippen molar-refractivity contribution in [1.82, 2.24) is 19.7 Å². The number of fused-ring (bicyclic) bond motifs is 1. The van der Waals surface area contributed by atoms with Gasteiger partial charge in [0.05, 0.1) is 12.2 Å². The summed E-state index contributed by atoms with van der Waals surface area (Å²) in [7, 11) is 0. The van der Waals surface area contributed by atoms with Crippen molar-refractivity contribution in [2.45, 2.75) is 19.9 Å². The normalized spacial score (nSPS) is 17.4. The molecule has 4 heterocycles. The number of amides is 2. The molecule has 4 rings (SSSR count). The van der Waals surface area contributed by atoms with Crippen molar-refractivity contribution in [3.8, 4) is 0 Å². The minimum absolute atomic E-state index is 0.0159. The van der Waals surface area contributed by atoms with Crippen LogP contribution in [0.4, 0.5) is 11.6 Å². The van der Waals surface area contributed by atoms with E-state index in [4.69, 9.17) is 0 Å². The van der Waals surface area contributed by atoms with Crippen molar-refractivity contribution in [1.29, 1.82) is 0 Å². The lowest BCUT2D eigenvalue weighted by Gasteiger charge is -2.36. The fraction of sp³-hybridized carbons (Fsp3) is 0.444. The lowest BCUT2D eigenvalue weighted by Crippen LogP contribution is -2.52. The van der Waals surface area contributed by atoms with Gasteiger partial charge in [0.1, 0.15) is 18.2 Å². The monoisotopic (exact) mass is 354 g/mol. The van der Waals surface area contributed by atoms with Crippen molar-refractivity contribution < 1.29 is 9.59 Å². The second-order valence-electron chi connectivity index (χ2n) is 6.65. The van der Waals surface area contributed by atoms with Crippen LogP contribution in [0.3, 0.4) is 0 Å². The van der Waals surface area contributed by atoms with Crippen LogP contribution < -0.4 is 9.80 Å². The molecule has 0 bridgehead atoms. The van der Waals surface area contributed by atoms with Crippen LogP contribution in [0.1, 0.15) is 12.1 Å². The first-order chi connectivity index (χ1) is 12.6. The van der Waals surface area contributed by atoms with Crippen LogP contribution in [0.15, 0.2) is 30.5 Å². The Morgan fingerprint density at radius 3 is 2.69 bits per heavy atom. The molecule has 0 aromatic carbocycles. The maximum Gasteiger partial charge on any atom is 0.242 e. The van der Waals surface area contributed by atoms with Crippen LogP contribution in [0.2, 0.25) is 0 Å². The first-order valence-corrected chi connectivity index (χ1v) is 8.90. The quantitative estimate of drug-likeness (QED) is 0.810. The predicted octanol–water partition coefficient (Wildman–Crippen LogP) is 0.672. The van der Waals surface area contributed by atoms with Crippen molar-refractivity contribution in [2.24, 2.45) is 0 Å². The average molecular weight is 354 g/mol. The van der Waals surface area contributed by atoms with E-state index in [0.717, 1.165) is 30.4 Å². The Morgan fingerprint density at radius 2 is 1.96 bits per heavy atom. The van der Waals surface area contributed by atoms with Crippen LogP contribution in [-0.4, -0.2) is 64.2 Å². The summed E-state index contributed by atoms with van der Waals surface area (Å²) < 4.78 is 1.81. The van der Waals surface area contributed by atoms with E-state index in [2.05, 4.69) is 15.0 Å². The number of pyridine rings is 1. The summed E-state index contributed by atoms with van der Waals surface area (Å²) in [5.41, 5.74) is 0.858. The maximum absolute atomic E-state index is 12.7. The van der Waals surface area contributed by atoms with Crippen LogP contribution in [0.5, 0.6) is 0 Å². The Labute approximate surface area is 152 Å². The number of aryl methyl sites for hydroxylation is 2. The molecule has 8 nitrogen and oxygen atoms in total. The van der Waals surface area contributed by atoms with Gasteiger partial charge in [0, 0.05) is 44.9 Å². The third-order valence-corrected chi connectivity index (χ3v) is 4.89. The Hall–Kier alpha value is -2.90. The number of aromatic nitrogens is 3. The Bertz CT molecular complexity index is 810. The topological polar surface area (TPSA) is 74.6 Å². The second-order valence-corrected chi connectivity index (χ2v) is 6.65. The standard InChI is InChI=1S/C18H22N6O2/c1-14-12-16-23(17(25)5-7-24(16)20-14)13-18(26)22-10-8-21(9-11-22)15-4-2-3-6-19-15/h2-4,6,12H,5,7-11,13H2,1H3. The minimum Gasteiger partial charge on any atom is -0.353 e. The van der Waals surface area contributed by atoms with E-state index in [9.17, 15) is 9.59 Å². The number of carbonyl (C=O) groups excluding carboxylic acids is 2. The molecule has 2 aromatic rings. The highest BCUT2D eigenvalue weighted by molar-refractivity contribution is 5.99. The molecular weight excluding hydrogens is 332 g/mol. The zero-order valence-electron chi connectivity index (χ0n) is 14.8. The van der Waals surface area contributed by atoms with E-state index in [-0.39, 0.29) is 18.4 Å². The molecule has 1 saturated heterocycles. The number of anilines is 2. The molecule has 0 atom stereocenters. The number of carbonyl (C=O) groups is 2. The number of nitrogens with zero attached hydrogens (tertiary/aromatic N) is 6. The zero-order chi connectivity index (χ0) is 18.1. The Morgan fingerprint density at radius 1 is 1.15 bits per heavy atom. The van der Waals surface area contributed by atoms with E-state index in [1.165, 1.54) is 0 Å². The smallest absolute Gasteiger partial charge is 0.242 e. The van der Waals surface area contributed by atoms with E-state index in [1.54, 1.807) is 11.1 Å². The van der Waals surface area contributed by atoms with Crippen LogP contribution in [-0.2, 0) is 16.1 Å². The highest BCUT2D eigenvalue weighted by Crippen LogP contribution is 2.22. The van der Waals surface area contributed by atoms with Gasteiger partial charge in [0.15, 0.2) is 0 Å². The SMILES string of the molecule is Cc1cc2n(n1)CCC(=O)N2CC(=O)N1CCN(c2ccccn2)CC1. The van der Waals surface area contributed by atoms with E-state index < -0.39 is 0 Å². The van der Waals surface area contributed by atoms with Crippen molar-refractivity contribution >= 4 is 23.5 Å². The van der Waals surface area contributed by atoms with Gasteiger partial charge in [-0.05, 0) is 19.1 Å². The van der Waals surface area contributed by atoms with Gasteiger partial charge in [0.25, 0.3) is 0 Å². The lowest BCUT2D eigenvalue weighted by molar-refractivity contribution is -0.132. The lowest BCUT2D eigenvalue weighted by atomic mass is 10.2. The largest absolute Gasteiger partial charge is 0.353 e. The summed E-state index contributed by atoms with van der Waals surface area (Å²) in [5, 5.41) is 4.38. The molecule has 136 valence electrons. The molecule has 0 aliphatic carbocycles. The molecule has 2 aromatic heterocycles. The van der Waals surface area contributed by atoms with Crippen molar-refractivity contribution in [3.05, 3.63) is 36.2 Å². The fourth-order valence-electron chi connectivity index (χ4n) is 3.51. The molecule has 26 heavy (non-hydrogen) atoms. The average Bonchev–Trinajstić information content (AvgIpc) is 3.05. The fourth-order valence-corrected chi connectivity index (χ4v) is 3.51. The summed E-state index contributed by atoms with van der Waals surface area (Å²) in [6.07, 6.45) is 2.16. The summed E-state index contributed by atoms with van der Waals surface area (Å²) >= 11 is 0. The first-order valence-electron chi connectivity index (χ1n) is 8.90. The molecular formula is C18H22N6O2. The maximum atomic E-state index is 12.7. The molecule has 1 fully saturated rings. The number of piperazine rings is 1. The molecule has 0 N–H and O–H groups in total. The predicted molar refractivity (Wildman–Crippen MR) is 97.0 cm³/mol. The van der Waals surface area contributed by atoms with Gasteiger partial charge in [0.2, 0.25) is 11.8 Å². The van der Waals surface area contributed by atoms with Gasteiger partial charge in [-0.3, -0.25) is 14.5 Å². The van der Waals surface area contributed by atoms with Gasteiger partial charge < -0.3 is 9.80 Å². The highest BCUT2D eigenvalue weighted by atomic mass is 16.2. The Kier molecular flexibility index (Phi) is 4.32. The second kappa shape index (κ2) is 6.78. The van der Waals surface area contributed by atoms with Gasteiger partial charge >= 0.3 is 0 Å². The summed E-state index contributed by atoms with van der Waals surface area (Å²) in [4.78, 5) is 35.0. The number of hydrogen-bond donors (Lipinski definition) is 0. The van der Waals surface area contributed by atoms with Crippen LogP contribution >= 0.6 is 0 Å². The van der Waals surface area contributed by atoms with Gasteiger partial charge in [-0.2, -0.15) is 5.10 Å². The molecule has 0 unspecified atom stereocenters. The number of hydrogen-bond acceptors (Lipinski definition) is 5. The minimum atomic E-state index is -0.0219. The molecule has 8 heteroatoms. The molecule has 0 spiro atoms. The number of rotatable bonds is 3. The van der Waals surface area contributed by atoms with Crippen LogP contribution in [0.25, 0.3) is 0 Å². The Balaban J connectivity index is 1.39. The molecule has 2 aliphatic heterocycles. The third-order valence-electron chi connectivity index (χ3n) is 4.89. The van der Waals surface area contributed by atoms with Crippen molar-refractivity contribution in [3.63, 3.8) is 0 Å². The van der Waals surface area contributed by atoms with E-state index in [1.807, 2.05) is 40.8 Å². The summed E-state index contributed by atoms with van der Waals surface area (Å²) in [5.74, 6) is 1.62. The van der Waals surface area contributed by atoms with Gasteiger partial charge in [-0.15, -0.1) is 0 Å². The van der Waals surface area contributed by atoms with Crippen LogP contribution in [0, 0.1) is 6.92 Å². The zero-order valence-corrected chi connectivity index (χ0v) is 14.8. The highest BCUT2D eigenvalue weighted by Gasteiger charge is 2.30. The van der Waals surface area contributed by atoms with Crippen molar-refractivity contribution in [2.75, 3.05) is 42.5 Å². The molecule has 2 amide bonds. The summed E-state index contributed by atoms with van der Waals surface area (Å²) in [6.45, 7) is 5.31.